The smallest absolute Gasteiger partial charge is 0.264 e. The Bertz CT molecular complexity index is 1380. The molecule has 7 nitrogen and oxygen atoms in total. The summed E-state index contributed by atoms with van der Waals surface area (Å²) in [5.41, 5.74) is 1.99. The van der Waals surface area contributed by atoms with Crippen LogP contribution in [-0.2, 0) is 26.2 Å². The zero-order valence-corrected chi connectivity index (χ0v) is 24.7. The first-order chi connectivity index (χ1) is 18.4. The van der Waals surface area contributed by atoms with Crippen molar-refractivity contribution in [2.75, 3.05) is 10.8 Å². The van der Waals surface area contributed by atoms with Gasteiger partial charge in [-0.1, -0.05) is 78.2 Å². The molecule has 0 aromatic heterocycles. The van der Waals surface area contributed by atoms with Gasteiger partial charge in [0.15, 0.2) is 0 Å². The molecule has 0 spiro atoms. The van der Waals surface area contributed by atoms with E-state index in [1.165, 1.54) is 35.2 Å². The van der Waals surface area contributed by atoms with Gasteiger partial charge in [-0.25, -0.2) is 8.42 Å². The van der Waals surface area contributed by atoms with Crippen LogP contribution in [0.1, 0.15) is 38.3 Å². The fraction of sp³-hybridized carbons (Fsp3) is 0.310. The second-order valence-corrected chi connectivity index (χ2v) is 12.2. The van der Waals surface area contributed by atoms with Gasteiger partial charge < -0.3 is 10.2 Å². The van der Waals surface area contributed by atoms with Crippen LogP contribution in [0.25, 0.3) is 0 Å². The molecule has 0 aliphatic carbocycles. The van der Waals surface area contributed by atoms with Crippen molar-refractivity contribution in [3.8, 4) is 0 Å². The maximum absolute atomic E-state index is 13.9. The zero-order chi connectivity index (χ0) is 28.7. The van der Waals surface area contributed by atoms with Crippen molar-refractivity contribution in [3.05, 3.63) is 94.0 Å². The number of nitrogens with one attached hydrogen (secondary N) is 1. The predicted octanol–water partition coefficient (Wildman–Crippen LogP) is 5.83. The molecule has 3 rings (SSSR count). The molecular formula is C29H33Cl2N3O4S. The molecule has 208 valence electrons. The van der Waals surface area contributed by atoms with Gasteiger partial charge in [0, 0.05) is 22.6 Å². The number of benzene rings is 3. The first-order valence-electron chi connectivity index (χ1n) is 12.6. The second kappa shape index (κ2) is 13.3. The van der Waals surface area contributed by atoms with E-state index >= 15 is 0 Å². The number of carbonyl (C=O) groups excluding carboxylic acids is 2. The maximum atomic E-state index is 13.9. The zero-order valence-electron chi connectivity index (χ0n) is 22.4. The molecule has 2 atom stereocenters. The van der Waals surface area contributed by atoms with Gasteiger partial charge in [-0.05, 0) is 63.1 Å². The third-order valence-electron chi connectivity index (χ3n) is 6.39. The average Bonchev–Trinajstić information content (AvgIpc) is 2.90. The number of hydrogen-bond donors (Lipinski definition) is 1. The first-order valence-corrected chi connectivity index (χ1v) is 14.8. The molecule has 0 saturated heterocycles. The fourth-order valence-electron chi connectivity index (χ4n) is 3.87. The van der Waals surface area contributed by atoms with E-state index < -0.39 is 28.5 Å². The molecule has 0 unspecified atom stereocenters. The molecule has 0 bridgehead atoms. The van der Waals surface area contributed by atoms with Crippen LogP contribution in [0.4, 0.5) is 5.69 Å². The van der Waals surface area contributed by atoms with Crippen LogP contribution in [0.5, 0.6) is 0 Å². The lowest BCUT2D eigenvalue weighted by atomic mass is 10.1. The molecular weight excluding hydrogens is 557 g/mol. The van der Waals surface area contributed by atoms with Crippen molar-refractivity contribution >= 4 is 50.7 Å². The Kier molecular flexibility index (Phi) is 10.4. The Morgan fingerprint density at radius 1 is 0.923 bits per heavy atom. The number of amides is 2. The summed E-state index contributed by atoms with van der Waals surface area (Å²) in [6.45, 7) is 6.97. The number of anilines is 1. The number of sulfonamides is 1. The molecule has 0 fully saturated rings. The highest BCUT2D eigenvalue weighted by molar-refractivity contribution is 7.92. The van der Waals surface area contributed by atoms with E-state index in [0.29, 0.717) is 0 Å². The van der Waals surface area contributed by atoms with Crippen LogP contribution in [-0.4, -0.2) is 43.8 Å². The number of rotatable bonds is 11. The van der Waals surface area contributed by atoms with Crippen LogP contribution < -0.4 is 9.62 Å². The molecule has 0 aliphatic heterocycles. The maximum Gasteiger partial charge on any atom is 0.264 e. The SMILES string of the molecule is CC[C@@H](C)NC(=O)[C@H](C)N(Cc1ccc(C)cc1)C(=O)CN(c1cc(Cl)cc(Cl)c1)S(=O)(=O)c1ccccc1. The van der Waals surface area contributed by atoms with E-state index in [1.807, 2.05) is 45.0 Å². The van der Waals surface area contributed by atoms with Gasteiger partial charge in [-0.15, -0.1) is 0 Å². The van der Waals surface area contributed by atoms with Crippen molar-refractivity contribution in [1.29, 1.82) is 0 Å². The molecule has 0 aliphatic rings. The molecule has 10 heteroatoms. The molecule has 0 heterocycles. The summed E-state index contributed by atoms with van der Waals surface area (Å²) in [5.74, 6) is -0.883. The predicted molar refractivity (Wildman–Crippen MR) is 157 cm³/mol. The van der Waals surface area contributed by atoms with Gasteiger partial charge in [0.2, 0.25) is 11.8 Å². The third-order valence-corrected chi connectivity index (χ3v) is 8.61. The summed E-state index contributed by atoms with van der Waals surface area (Å²) in [6.07, 6.45) is 0.725. The van der Waals surface area contributed by atoms with Crippen molar-refractivity contribution in [3.63, 3.8) is 0 Å². The summed E-state index contributed by atoms with van der Waals surface area (Å²) in [7, 11) is -4.20. The van der Waals surface area contributed by atoms with E-state index in [0.717, 1.165) is 21.9 Å². The van der Waals surface area contributed by atoms with Gasteiger partial charge in [-0.3, -0.25) is 13.9 Å². The molecule has 1 N–H and O–H groups in total. The normalized spacial score (nSPS) is 12.9. The van der Waals surface area contributed by atoms with E-state index in [4.69, 9.17) is 23.2 Å². The molecule has 39 heavy (non-hydrogen) atoms. The first kappa shape index (κ1) is 30.5. The van der Waals surface area contributed by atoms with Gasteiger partial charge >= 0.3 is 0 Å². The Hall–Kier alpha value is -3.07. The summed E-state index contributed by atoms with van der Waals surface area (Å²) >= 11 is 12.4. The number of halogens is 2. The average molecular weight is 591 g/mol. The highest BCUT2D eigenvalue weighted by Gasteiger charge is 2.33. The number of aryl methyl sites for hydroxylation is 1. The van der Waals surface area contributed by atoms with Crippen molar-refractivity contribution in [2.24, 2.45) is 0 Å². The Morgan fingerprint density at radius 2 is 1.51 bits per heavy atom. The quantitative estimate of drug-likeness (QED) is 0.305. The van der Waals surface area contributed by atoms with Crippen LogP contribution in [0.15, 0.2) is 77.7 Å². The lowest BCUT2D eigenvalue weighted by molar-refractivity contribution is -0.139. The van der Waals surface area contributed by atoms with E-state index in [-0.39, 0.29) is 39.1 Å². The minimum atomic E-state index is -4.20. The number of carbonyl (C=O) groups is 2. The molecule has 0 saturated carbocycles. The standard InChI is InChI=1S/C29H33Cl2N3O4S/c1-5-21(3)32-29(36)22(4)33(18-23-13-11-20(2)12-14-23)28(35)19-34(26-16-24(30)15-25(31)17-26)39(37,38)27-9-7-6-8-10-27/h6-17,21-22H,5,18-19H2,1-4H3,(H,32,36)/t21-,22+/m1/s1. The highest BCUT2D eigenvalue weighted by Crippen LogP contribution is 2.30. The minimum absolute atomic E-state index is 0.00143. The Balaban J connectivity index is 2.04. The Morgan fingerprint density at radius 3 is 2.08 bits per heavy atom. The van der Waals surface area contributed by atoms with Crippen molar-refractivity contribution < 1.29 is 18.0 Å². The monoisotopic (exact) mass is 589 g/mol. The van der Waals surface area contributed by atoms with Crippen LogP contribution in [0, 0.1) is 6.92 Å². The molecule has 0 radical (unpaired) electrons. The van der Waals surface area contributed by atoms with Crippen molar-refractivity contribution in [2.45, 2.75) is 57.6 Å². The topological polar surface area (TPSA) is 86.8 Å². The summed E-state index contributed by atoms with van der Waals surface area (Å²) < 4.78 is 28.6. The van der Waals surface area contributed by atoms with Crippen LogP contribution in [0.2, 0.25) is 10.0 Å². The van der Waals surface area contributed by atoms with Crippen molar-refractivity contribution in [1.82, 2.24) is 10.2 Å². The molecule has 2 amide bonds. The summed E-state index contributed by atoms with van der Waals surface area (Å²) in [4.78, 5) is 28.4. The van der Waals surface area contributed by atoms with Gasteiger partial charge in [0.05, 0.1) is 10.6 Å². The summed E-state index contributed by atoms with van der Waals surface area (Å²) in [6, 6.07) is 18.8. The second-order valence-electron chi connectivity index (χ2n) is 9.45. The molecule has 3 aromatic carbocycles. The number of nitrogens with zero attached hydrogens (tertiary/aromatic N) is 2. The lowest BCUT2D eigenvalue weighted by Crippen LogP contribution is -2.52. The van der Waals surface area contributed by atoms with E-state index in [9.17, 15) is 18.0 Å². The Labute approximate surface area is 240 Å². The lowest BCUT2D eigenvalue weighted by Gasteiger charge is -2.32. The fourth-order valence-corrected chi connectivity index (χ4v) is 5.80. The largest absolute Gasteiger partial charge is 0.352 e. The van der Waals surface area contributed by atoms with E-state index in [2.05, 4.69) is 5.32 Å². The third kappa shape index (κ3) is 7.97. The van der Waals surface area contributed by atoms with Crippen LogP contribution in [0.3, 0.4) is 0 Å². The molecule has 3 aromatic rings. The van der Waals surface area contributed by atoms with Gasteiger partial charge in [0.25, 0.3) is 10.0 Å². The van der Waals surface area contributed by atoms with Crippen LogP contribution >= 0.6 is 23.2 Å². The van der Waals surface area contributed by atoms with Gasteiger partial charge in [-0.2, -0.15) is 0 Å². The van der Waals surface area contributed by atoms with E-state index in [1.54, 1.807) is 25.1 Å². The summed E-state index contributed by atoms with van der Waals surface area (Å²) in [5, 5.41) is 3.35. The minimum Gasteiger partial charge on any atom is -0.352 e. The highest BCUT2D eigenvalue weighted by atomic mass is 35.5. The number of hydrogen-bond acceptors (Lipinski definition) is 4. The van der Waals surface area contributed by atoms with Gasteiger partial charge in [0.1, 0.15) is 12.6 Å².